The van der Waals surface area contributed by atoms with Gasteiger partial charge in [-0.2, -0.15) is 4.98 Å². The molecule has 2 N–H and O–H groups in total. The summed E-state index contributed by atoms with van der Waals surface area (Å²) in [5.74, 6) is 0.939. The second-order valence-corrected chi connectivity index (χ2v) is 21.4. The second-order valence-electron chi connectivity index (χ2n) is 19.6. The maximum absolute atomic E-state index is 16.6. The van der Waals surface area contributed by atoms with Gasteiger partial charge in [-0.25, -0.2) is 14.0 Å². The highest BCUT2D eigenvalue weighted by Gasteiger charge is 2.58. The van der Waals surface area contributed by atoms with Crippen molar-refractivity contribution >= 4 is 25.3 Å². The van der Waals surface area contributed by atoms with E-state index in [4.69, 9.17) is 47.9 Å². The van der Waals surface area contributed by atoms with E-state index in [1.165, 1.54) is 23.9 Å². The third-order valence-corrected chi connectivity index (χ3v) is 16.5. The Morgan fingerprint density at radius 3 is 1.82 bits per heavy atom. The normalized spacial score (nSPS) is 19.7. The highest BCUT2D eigenvalue weighted by Crippen LogP contribution is 2.59. The summed E-state index contributed by atoms with van der Waals surface area (Å²) in [6.07, 6.45) is -4.88. The Kier molecular flexibility index (Phi) is 19.0. The van der Waals surface area contributed by atoms with Crippen LogP contribution >= 0.6 is 7.75 Å². The number of carbonyl (C=O) groups is 2. The van der Waals surface area contributed by atoms with Gasteiger partial charge in [0.25, 0.3) is 5.91 Å². The number of hydrogen-bond donors (Lipinski definition) is 1. The van der Waals surface area contributed by atoms with Crippen LogP contribution in [0.15, 0.2) is 151 Å². The smallest absolute Gasteiger partial charge is 0.409 e. The van der Waals surface area contributed by atoms with Crippen LogP contribution in [-0.2, 0) is 38.2 Å². The van der Waals surface area contributed by atoms with Gasteiger partial charge in [0.05, 0.1) is 47.2 Å². The molecule has 0 bridgehead atoms. The van der Waals surface area contributed by atoms with Crippen molar-refractivity contribution in [2.45, 2.75) is 94.9 Å². The number of nitrogens with two attached hydrogens (primary N) is 1. The molecule has 5 aromatic carbocycles. The molecule has 78 heavy (non-hydrogen) atoms. The molecule has 1 amide bonds. The van der Waals surface area contributed by atoms with Gasteiger partial charge in [0.2, 0.25) is 0 Å². The number of aromatic nitrogens is 2. The van der Waals surface area contributed by atoms with Crippen LogP contribution in [0.2, 0.25) is 0 Å². The van der Waals surface area contributed by atoms with Crippen molar-refractivity contribution in [2.75, 3.05) is 60.5 Å². The van der Waals surface area contributed by atoms with Gasteiger partial charge in [-0.15, -0.1) is 0 Å². The molecule has 2 fully saturated rings. The van der Waals surface area contributed by atoms with Crippen LogP contribution in [0.3, 0.4) is 0 Å². The molecular formula is C59H70N5O13P. The number of nitrogens with zero attached hydrogens (tertiary/aromatic N) is 4. The summed E-state index contributed by atoms with van der Waals surface area (Å²) in [7, 11) is 1.57. The highest BCUT2D eigenvalue weighted by atomic mass is 31.2. The van der Waals surface area contributed by atoms with Gasteiger partial charge < -0.3 is 43.8 Å². The molecule has 0 saturated carbocycles. The number of benzene rings is 5. The summed E-state index contributed by atoms with van der Waals surface area (Å²) in [5.41, 5.74) is 6.13. The number of ketones is 1. The van der Waals surface area contributed by atoms with Crippen molar-refractivity contribution in [1.82, 2.24) is 19.1 Å². The maximum atomic E-state index is 16.6. The fourth-order valence-corrected chi connectivity index (χ4v) is 12.7. The van der Waals surface area contributed by atoms with Gasteiger partial charge in [-0.1, -0.05) is 84.9 Å². The molecule has 18 nitrogen and oxygen atoms in total. The van der Waals surface area contributed by atoms with Gasteiger partial charge in [-0.05, 0) is 112 Å². The lowest BCUT2D eigenvalue weighted by molar-refractivity contribution is -0.127. The molecule has 6 aromatic rings. The molecule has 1 aromatic heterocycles. The summed E-state index contributed by atoms with van der Waals surface area (Å²) in [6.45, 7) is 7.74. The Morgan fingerprint density at radius 1 is 0.731 bits per heavy atom. The number of hydrogen-bond acceptors (Lipinski definition) is 15. The van der Waals surface area contributed by atoms with E-state index in [2.05, 4.69) is 4.98 Å². The standard InChI is InChI=1S/C59H70N5O13P/c1-39(2)64(40(3)4)78(68,74-38-46-20-15-34-62(46)56(66)42-21-27-47(70-6)28-22-42)77-54-53(75-57(55(54)73-37-36-69-5)63-35-33-50(60)61-58(63)67)52(51(65)41-16-11-9-12-17-41)76-59(43-18-13-10-14-19-43,44-23-29-48(71-7)30-24-44)45-25-31-49(72-8)32-26-45/h9-14,16-19,21-33,35,39-40,46,52-55,57H,15,20,34,36-38H2,1-8H3,(H2,60,61,67)/t46-,52?,53+,54+,55+,57+,78?/m0/s1. The third-order valence-electron chi connectivity index (χ3n) is 14.0. The van der Waals surface area contributed by atoms with Crippen LogP contribution in [0.5, 0.6) is 17.2 Å². The van der Waals surface area contributed by atoms with Crippen LogP contribution in [0, 0.1) is 0 Å². The highest BCUT2D eigenvalue weighted by molar-refractivity contribution is 7.51. The second kappa shape index (κ2) is 25.8. The van der Waals surface area contributed by atoms with E-state index in [1.807, 2.05) is 82.3 Å². The van der Waals surface area contributed by atoms with Crippen LogP contribution < -0.4 is 25.6 Å². The number of rotatable bonds is 25. The van der Waals surface area contributed by atoms with Gasteiger partial charge in [0.15, 0.2) is 18.1 Å². The number of Topliss-reactive ketones (excluding diaryl/α,β-unsaturated/α-hetero) is 1. The third kappa shape index (κ3) is 12.4. The fraction of sp³-hybridized carbons (Fsp3) is 0.390. The number of likely N-dealkylation sites (tertiary alicyclic amines) is 1. The molecule has 0 radical (unpaired) electrons. The Bertz CT molecular complexity index is 2960. The summed E-state index contributed by atoms with van der Waals surface area (Å²) in [5, 5.41) is 0. The predicted molar refractivity (Wildman–Crippen MR) is 294 cm³/mol. The number of nitrogen functional groups attached to an aromatic ring is 1. The van der Waals surface area contributed by atoms with Crippen LogP contribution in [-0.4, -0.2) is 128 Å². The summed E-state index contributed by atoms with van der Waals surface area (Å²) >= 11 is 0. The lowest BCUT2D eigenvalue weighted by Gasteiger charge is -2.42. The van der Waals surface area contributed by atoms with Crippen molar-refractivity contribution in [3.63, 3.8) is 0 Å². The van der Waals surface area contributed by atoms with Crippen molar-refractivity contribution < 1.29 is 56.4 Å². The molecule has 3 heterocycles. The minimum Gasteiger partial charge on any atom is -0.497 e. The number of carbonyl (C=O) groups excluding carboxylic acids is 2. The van der Waals surface area contributed by atoms with Gasteiger partial charge >= 0.3 is 13.4 Å². The van der Waals surface area contributed by atoms with E-state index in [9.17, 15) is 9.59 Å². The largest absolute Gasteiger partial charge is 0.497 e. The zero-order valence-electron chi connectivity index (χ0n) is 45.3. The zero-order chi connectivity index (χ0) is 55.6. The lowest BCUT2D eigenvalue weighted by Crippen LogP contribution is -2.51. The van der Waals surface area contributed by atoms with E-state index < -0.39 is 73.6 Å². The minimum atomic E-state index is -4.65. The molecule has 2 aliphatic rings. The van der Waals surface area contributed by atoms with E-state index in [0.717, 1.165) is 0 Å². The first kappa shape index (κ1) is 57.4. The average molecular weight is 1090 g/mol. The lowest BCUT2D eigenvalue weighted by atomic mass is 9.79. The van der Waals surface area contributed by atoms with Crippen LogP contribution in [0.25, 0.3) is 0 Å². The molecule has 19 heteroatoms. The molecule has 2 saturated heterocycles. The molecule has 2 aliphatic heterocycles. The quantitative estimate of drug-likeness (QED) is 0.0246. The van der Waals surface area contributed by atoms with E-state index in [1.54, 1.807) is 110 Å². The van der Waals surface area contributed by atoms with Gasteiger partial charge in [0.1, 0.15) is 47.0 Å². The molecule has 7 atom stereocenters. The maximum Gasteiger partial charge on any atom is 0.409 e. The molecule has 414 valence electrons. The minimum absolute atomic E-state index is 0.0450. The van der Waals surface area contributed by atoms with Gasteiger partial charge in [-0.3, -0.25) is 23.2 Å². The topological polar surface area (TPSA) is 202 Å². The SMILES string of the molecule is COCCO[C@@H]1[C@H](OP(=O)(OC[C@@H]2CCCN2C(=O)c2ccc(OC)cc2)N(C(C)C)C(C)C)[C@@H](C(OC(c2ccccc2)(c2ccc(OC)cc2)c2ccc(OC)cc2)C(=O)c2ccccc2)O[C@H]1n1ccc(N)nc1=O. The van der Waals surface area contributed by atoms with Crippen molar-refractivity contribution in [3.05, 3.63) is 184 Å². The monoisotopic (exact) mass is 1090 g/mol. The Balaban J connectivity index is 1.34. The van der Waals surface area contributed by atoms with E-state index >= 15 is 9.36 Å². The van der Waals surface area contributed by atoms with Crippen molar-refractivity contribution in [1.29, 1.82) is 0 Å². The van der Waals surface area contributed by atoms with Crippen LogP contribution in [0.4, 0.5) is 5.82 Å². The van der Waals surface area contributed by atoms with E-state index in [-0.39, 0.29) is 37.1 Å². The van der Waals surface area contributed by atoms with Crippen molar-refractivity contribution in [3.8, 4) is 17.2 Å². The first-order valence-electron chi connectivity index (χ1n) is 26.0. The Labute approximate surface area is 455 Å². The summed E-state index contributed by atoms with van der Waals surface area (Å²) in [6, 6.07) is 39.6. The number of methoxy groups -OCH3 is 4. The van der Waals surface area contributed by atoms with Crippen molar-refractivity contribution in [2.24, 2.45) is 0 Å². The van der Waals surface area contributed by atoms with Gasteiger partial charge in [0, 0.05) is 43.1 Å². The average Bonchev–Trinajstić information content (AvgIpc) is 4.19. The van der Waals surface area contributed by atoms with E-state index in [0.29, 0.717) is 58.9 Å². The molecular weight excluding hydrogens is 1020 g/mol. The first-order chi connectivity index (χ1) is 37.7. The molecule has 8 rings (SSSR count). The summed E-state index contributed by atoms with van der Waals surface area (Å²) < 4.78 is 77.1. The first-order valence-corrected chi connectivity index (χ1v) is 27.5. The zero-order valence-corrected chi connectivity index (χ0v) is 46.2. The Hall–Kier alpha value is -6.73. The molecule has 2 unspecified atom stereocenters. The molecule has 0 aliphatic carbocycles. The number of amides is 1. The van der Waals surface area contributed by atoms with Crippen LogP contribution in [0.1, 0.15) is 84.2 Å². The fourth-order valence-electron chi connectivity index (χ4n) is 10.4. The molecule has 0 spiro atoms. The Morgan fingerprint density at radius 2 is 1.28 bits per heavy atom. The predicted octanol–water partition coefficient (Wildman–Crippen LogP) is 8.97. The summed E-state index contributed by atoms with van der Waals surface area (Å²) in [4.78, 5) is 50.1. The number of ether oxygens (including phenoxy) is 7. The number of anilines is 1.